The summed E-state index contributed by atoms with van der Waals surface area (Å²) < 4.78 is 56.3. The van der Waals surface area contributed by atoms with E-state index in [2.05, 4.69) is 42.1 Å². The summed E-state index contributed by atoms with van der Waals surface area (Å²) in [7, 11) is 0. The molecule has 1 N–H and O–H groups in total. The first kappa shape index (κ1) is 28.5. The van der Waals surface area contributed by atoms with E-state index in [-0.39, 0.29) is 28.3 Å². The molecule has 0 aliphatic heterocycles. The first-order chi connectivity index (χ1) is 16.3. The highest BCUT2D eigenvalue weighted by atomic mass is 79.9. The van der Waals surface area contributed by atoms with Crippen LogP contribution >= 0.6 is 43.2 Å². The van der Waals surface area contributed by atoms with Gasteiger partial charge in [-0.2, -0.15) is 18.4 Å². The van der Waals surface area contributed by atoms with Crippen LogP contribution in [0.3, 0.4) is 0 Å². The Bertz CT molecular complexity index is 1190. The minimum atomic E-state index is -4.61. The summed E-state index contributed by atoms with van der Waals surface area (Å²) in [6.45, 7) is 2.98. The molecule has 0 unspecified atom stereocenters. The molecule has 0 spiro atoms. The number of aromatic nitrogens is 2. The standard InChI is InChI=1S/C14H13F4N3O2S.C7H3Br2NO/c1-8(2)21(10-5-3-9(15)4-6-10)11(22)7-23-13-20-19-12(24-13)14(16,17)18;8-5-1-4(3-10)2-6(9)7(5)11/h3-6,8H,7H2,1-2H3;1-2,11H. The van der Waals surface area contributed by atoms with Crippen LogP contribution in [0.1, 0.15) is 24.4 Å². The maximum absolute atomic E-state index is 13.0. The summed E-state index contributed by atoms with van der Waals surface area (Å²) in [6.07, 6.45) is -4.61. The number of hydrogen-bond acceptors (Lipinski definition) is 7. The number of hydrogen-bond donors (Lipinski definition) is 1. The third-order valence-corrected chi connectivity index (χ3v) is 6.09. The molecule has 0 bridgehead atoms. The molecule has 0 aliphatic rings. The van der Waals surface area contributed by atoms with Gasteiger partial charge in [0.25, 0.3) is 11.1 Å². The number of rotatable bonds is 5. The van der Waals surface area contributed by atoms with Crippen molar-refractivity contribution >= 4 is 54.8 Å². The molecule has 0 saturated heterocycles. The number of phenols is 1. The van der Waals surface area contributed by atoms with Gasteiger partial charge in [0, 0.05) is 11.7 Å². The fourth-order valence-corrected chi connectivity index (χ4v) is 4.29. The van der Waals surface area contributed by atoms with Gasteiger partial charge in [-0.1, -0.05) is 16.4 Å². The molecule has 35 heavy (non-hydrogen) atoms. The van der Waals surface area contributed by atoms with Gasteiger partial charge < -0.3 is 14.7 Å². The topological polar surface area (TPSA) is 99.3 Å². The van der Waals surface area contributed by atoms with Gasteiger partial charge in [0.1, 0.15) is 11.6 Å². The van der Waals surface area contributed by atoms with Crippen molar-refractivity contribution in [1.82, 2.24) is 10.2 Å². The van der Waals surface area contributed by atoms with Gasteiger partial charge >= 0.3 is 6.18 Å². The molecule has 1 aromatic heterocycles. The van der Waals surface area contributed by atoms with Crippen molar-refractivity contribution < 1.29 is 32.2 Å². The summed E-state index contributed by atoms with van der Waals surface area (Å²) in [5.74, 6) is -0.830. The molecule has 186 valence electrons. The van der Waals surface area contributed by atoms with E-state index in [1.54, 1.807) is 26.0 Å². The lowest BCUT2D eigenvalue weighted by atomic mass is 10.2. The van der Waals surface area contributed by atoms with Gasteiger partial charge in [-0.05, 0) is 82.1 Å². The second-order valence-corrected chi connectivity index (χ2v) is 9.54. The summed E-state index contributed by atoms with van der Waals surface area (Å²) in [6, 6.07) is 10.1. The Morgan fingerprint density at radius 1 is 1.20 bits per heavy atom. The first-order valence-electron chi connectivity index (χ1n) is 9.52. The van der Waals surface area contributed by atoms with E-state index >= 15 is 0 Å². The highest BCUT2D eigenvalue weighted by Crippen LogP contribution is 2.34. The van der Waals surface area contributed by atoms with Gasteiger partial charge in [0.2, 0.25) is 5.01 Å². The smallest absolute Gasteiger partial charge is 0.445 e. The maximum Gasteiger partial charge on any atom is 0.445 e. The average molecular weight is 640 g/mol. The van der Waals surface area contributed by atoms with Crippen molar-refractivity contribution in [1.29, 1.82) is 5.26 Å². The van der Waals surface area contributed by atoms with Crippen LogP contribution < -0.4 is 9.64 Å². The molecule has 1 amide bonds. The summed E-state index contributed by atoms with van der Waals surface area (Å²) >= 11 is 6.42. The lowest BCUT2D eigenvalue weighted by molar-refractivity contribution is -0.138. The molecular formula is C21H16Br2F4N4O3S. The van der Waals surface area contributed by atoms with Crippen LogP contribution in [0.15, 0.2) is 45.3 Å². The highest BCUT2D eigenvalue weighted by Gasteiger charge is 2.36. The van der Waals surface area contributed by atoms with Crippen molar-refractivity contribution in [3.63, 3.8) is 0 Å². The second-order valence-electron chi connectivity index (χ2n) is 6.89. The van der Waals surface area contributed by atoms with Crippen LogP contribution in [-0.2, 0) is 11.0 Å². The normalized spacial score (nSPS) is 10.9. The van der Waals surface area contributed by atoms with Crippen molar-refractivity contribution in [2.24, 2.45) is 0 Å². The quantitative estimate of drug-likeness (QED) is 0.329. The van der Waals surface area contributed by atoms with E-state index in [0.717, 1.165) is 0 Å². The van der Waals surface area contributed by atoms with Crippen molar-refractivity contribution in [2.75, 3.05) is 11.5 Å². The fourth-order valence-electron chi connectivity index (χ4n) is 2.54. The number of nitriles is 1. The predicted molar refractivity (Wildman–Crippen MR) is 128 cm³/mol. The van der Waals surface area contributed by atoms with Crippen molar-refractivity contribution in [3.8, 4) is 17.0 Å². The SMILES string of the molecule is CC(C)N(C(=O)COc1nnc(C(F)(F)F)s1)c1ccc(F)cc1.N#Cc1cc(Br)c(O)c(Br)c1. The molecule has 2 aromatic carbocycles. The average Bonchev–Trinajstić information content (AvgIpc) is 3.27. The Morgan fingerprint density at radius 3 is 2.23 bits per heavy atom. The number of carbonyl (C=O) groups excluding carboxylic acids is 1. The Hall–Kier alpha value is -2.76. The van der Waals surface area contributed by atoms with E-state index in [1.807, 2.05) is 6.07 Å². The molecule has 0 atom stereocenters. The molecule has 7 nitrogen and oxygen atoms in total. The van der Waals surface area contributed by atoms with Crippen molar-refractivity contribution in [3.05, 3.63) is 61.7 Å². The molecule has 14 heteroatoms. The molecule has 0 saturated carbocycles. The summed E-state index contributed by atoms with van der Waals surface area (Å²) in [5.41, 5.74) is 0.954. The number of benzene rings is 2. The maximum atomic E-state index is 13.0. The molecule has 3 aromatic rings. The van der Waals surface area contributed by atoms with Crippen LogP contribution in [0, 0.1) is 17.1 Å². The third-order valence-electron chi connectivity index (χ3n) is 4.00. The predicted octanol–water partition coefficient (Wildman–Crippen LogP) is 6.31. The van der Waals surface area contributed by atoms with E-state index in [1.165, 1.54) is 29.2 Å². The van der Waals surface area contributed by atoms with Gasteiger partial charge in [0.05, 0.1) is 20.6 Å². The van der Waals surface area contributed by atoms with E-state index < -0.39 is 29.5 Å². The molecular weight excluding hydrogens is 624 g/mol. The molecule has 0 fully saturated rings. The lowest BCUT2D eigenvalue weighted by Gasteiger charge is -2.26. The van der Waals surface area contributed by atoms with E-state index in [4.69, 9.17) is 10.00 Å². The summed E-state index contributed by atoms with van der Waals surface area (Å²) in [5, 5.41) is 22.4. The number of alkyl halides is 3. The highest BCUT2D eigenvalue weighted by molar-refractivity contribution is 9.11. The second kappa shape index (κ2) is 12.3. The number of phenolic OH excluding ortho intramolecular Hbond substituents is 1. The zero-order valence-corrected chi connectivity index (χ0v) is 22.0. The minimum Gasteiger partial charge on any atom is -0.506 e. The zero-order chi connectivity index (χ0) is 26.3. The van der Waals surface area contributed by atoms with Gasteiger partial charge in [0.15, 0.2) is 6.61 Å². The monoisotopic (exact) mass is 638 g/mol. The number of amides is 1. The lowest BCUT2D eigenvalue weighted by Crippen LogP contribution is -2.40. The van der Waals surface area contributed by atoms with E-state index in [0.29, 0.717) is 20.2 Å². The first-order valence-corrected chi connectivity index (χ1v) is 11.9. The minimum absolute atomic E-state index is 0.115. The third kappa shape index (κ3) is 8.15. The van der Waals surface area contributed by atoms with Gasteiger partial charge in [-0.15, -0.1) is 5.10 Å². The van der Waals surface area contributed by atoms with Crippen molar-refractivity contribution in [2.45, 2.75) is 26.1 Å². The number of nitrogens with zero attached hydrogens (tertiary/aromatic N) is 4. The molecule has 0 radical (unpaired) electrons. The Balaban J connectivity index is 0.000000328. The van der Waals surface area contributed by atoms with E-state index in [9.17, 15) is 27.5 Å². The molecule has 3 rings (SSSR count). The zero-order valence-electron chi connectivity index (χ0n) is 18.0. The van der Waals surface area contributed by atoms with Crippen LogP contribution in [0.5, 0.6) is 10.9 Å². The number of aromatic hydroxyl groups is 1. The summed E-state index contributed by atoms with van der Waals surface area (Å²) in [4.78, 5) is 13.6. The van der Waals surface area contributed by atoms with Gasteiger partial charge in [-0.3, -0.25) is 4.79 Å². The number of anilines is 1. The van der Waals surface area contributed by atoms with Gasteiger partial charge in [-0.25, -0.2) is 4.39 Å². The van der Waals surface area contributed by atoms with Crippen LogP contribution in [0.2, 0.25) is 0 Å². The Morgan fingerprint density at radius 2 is 1.77 bits per heavy atom. The molecule has 0 aliphatic carbocycles. The Kier molecular flexibility index (Phi) is 9.99. The number of ether oxygens (including phenoxy) is 1. The van der Waals surface area contributed by atoms with Crippen LogP contribution in [-0.4, -0.2) is 33.9 Å². The molecule has 1 heterocycles. The van der Waals surface area contributed by atoms with Crippen LogP contribution in [0.25, 0.3) is 0 Å². The Labute approximate surface area is 218 Å². The largest absolute Gasteiger partial charge is 0.506 e. The number of carbonyl (C=O) groups is 1. The fraction of sp³-hybridized carbons (Fsp3) is 0.238. The van der Waals surface area contributed by atoms with Crippen LogP contribution in [0.4, 0.5) is 23.2 Å². The number of halogens is 6.